The lowest BCUT2D eigenvalue weighted by Gasteiger charge is -2.24. The molecule has 0 aromatic heterocycles. The molecule has 2 rings (SSSR count). The molecule has 0 unspecified atom stereocenters. The monoisotopic (exact) mass is 435 g/mol. The molecule has 0 fully saturated rings. The second-order valence-electron chi connectivity index (χ2n) is 5.32. The predicted octanol–water partition coefficient (Wildman–Crippen LogP) is 4.71. The molecule has 0 N–H and O–H groups in total. The Labute approximate surface area is 167 Å². The number of hydrogen-bond acceptors (Lipinski definition) is 4. The number of aryl methyl sites for hydroxylation is 1. The van der Waals surface area contributed by atoms with Gasteiger partial charge in [-0.05, 0) is 49.7 Å². The van der Waals surface area contributed by atoms with Gasteiger partial charge < -0.3 is 4.74 Å². The Morgan fingerprint density at radius 1 is 1.08 bits per heavy atom. The molecule has 26 heavy (non-hydrogen) atoms. The zero-order valence-electron chi connectivity index (χ0n) is 14.0. The van der Waals surface area contributed by atoms with Gasteiger partial charge in [0.05, 0.1) is 17.3 Å². The molecule has 0 bridgehead atoms. The van der Waals surface area contributed by atoms with Crippen molar-refractivity contribution >= 4 is 56.5 Å². The molecule has 140 valence electrons. The highest BCUT2D eigenvalue weighted by Gasteiger charge is 2.30. The van der Waals surface area contributed by atoms with E-state index in [1.807, 2.05) is 0 Å². The van der Waals surface area contributed by atoms with Gasteiger partial charge in [-0.2, -0.15) is 0 Å². The molecule has 0 aliphatic heterocycles. The average Bonchev–Trinajstić information content (AvgIpc) is 2.57. The first-order chi connectivity index (χ1) is 12.2. The fourth-order valence-corrected chi connectivity index (χ4v) is 4.49. The molecule has 2 aromatic rings. The smallest absolute Gasteiger partial charge is 0.326 e. The summed E-state index contributed by atoms with van der Waals surface area (Å²) in [6, 6.07) is 8.75. The van der Waals surface area contributed by atoms with Crippen LogP contribution in [0.4, 0.5) is 5.69 Å². The van der Waals surface area contributed by atoms with Gasteiger partial charge >= 0.3 is 5.97 Å². The fraction of sp³-hybridized carbons (Fsp3) is 0.235. The summed E-state index contributed by atoms with van der Waals surface area (Å²) in [5, 5.41) is 0.552. The lowest BCUT2D eigenvalue weighted by molar-refractivity contribution is -0.141. The van der Waals surface area contributed by atoms with E-state index >= 15 is 0 Å². The fourth-order valence-electron chi connectivity index (χ4n) is 2.17. The van der Waals surface area contributed by atoms with Gasteiger partial charge in [0, 0.05) is 10.0 Å². The van der Waals surface area contributed by atoms with Gasteiger partial charge in [0.15, 0.2) is 0 Å². The first-order valence-electron chi connectivity index (χ1n) is 7.56. The SMILES string of the molecule is CCOC(=O)CN(c1ccc(C)c(Cl)c1)S(=O)(=O)c1cc(Cl)ccc1Cl. The number of anilines is 1. The molecule has 0 heterocycles. The van der Waals surface area contributed by atoms with E-state index in [4.69, 9.17) is 39.5 Å². The number of ether oxygens (including phenoxy) is 1. The molecule has 9 heteroatoms. The van der Waals surface area contributed by atoms with E-state index in [1.54, 1.807) is 26.0 Å². The lowest BCUT2D eigenvalue weighted by atomic mass is 10.2. The number of benzene rings is 2. The van der Waals surface area contributed by atoms with Crippen LogP contribution in [0.2, 0.25) is 15.1 Å². The Hall–Kier alpha value is -1.47. The predicted molar refractivity (Wildman–Crippen MR) is 104 cm³/mol. The van der Waals surface area contributed by atoms with Crippen molar-refractivity contribution in [2.75, 3.05) is 17.5 Å². The van der Waals surface area contributed by atoms with E-state index in [-0.39, 0.29) is 27.2 Å². The maximum Gasteiger partial charge on any atom is 0.326 e. The van der Waals surface area contributed by atoms with Crippen LogP contribution in [0.3, 0.4) is 0 Å². The van der Waals surface area contributed by atoms with Gasteiger partial charge in [-0.25, -0.2) is 8.42 Å². The maximum absolute atomic E-state index is 13.2. The number of carbonyl (C=O) groups is 1. The molecular weight excluding hydrogens is 421 g/mol. The summed E-state index contributed by atoms with van der Waals surface area (Å²) < 4.78 is 32.1. The van der Waals surface area contributed by atoms with E-state index in [1.165, 1.54) is 24.3 Å². The number of hydrogen-bond donors (Lipinski definition) is 0. The van der Waals surface area contributed by atoms with Gasteiger partial charge in [0.2, 0.25) is 0 Å². The second kappa shape index (κ2) is 8.48. The molecule has 0 amide bonds. The number of nitrogens with zero attached hydrogens (tertiary/aromatic N) is 1. The number of sulfonamides is 1. The van der Waals surface area contributed by atoms with Crippen LogP contribution in [0.5, 0.6) is 0 Å². The molecule has 0 saturated carbocycles. The Morgan fingerprint density at radius 2 is 1.77 bits per heavy atom. The Balaban J connectivity index is 2.59. The Bertz CT molecular complexity index is 932. The highest BCUT2D eigenvalue weighted by atomic mass is 35.5. The van der Waals surface area contributed by atoms with Crippen LogP contribution in [0.25, 0.3) is 0 Å². The summed E-state index contributed by atoms with van der Waals surface area (Å²) in [4.78, 5) is 11.8. The Kier molecular flexibility index (Phi) is 6.80. The van der Waals surface area contributed by atoms with Crippen molar-refractivity contribution in [3.8, 4) is 0 Å². The number of halogens is 3. The normalized spacial score (nSPS) is 11.3. The first kappa shape index (κ1) is 20.8. The van der Waals surface area contributed by atoms with Crippen molar-refractivity contribution in [1.29, 1.82) is 0 Å². The van der Waals surface area contributed by atoms with E-state index < -0.39 is 22.5 Å². The molecular formula is C17H16Cl3NO4S. The number of carbonyl (C=O) groups excluding carboxylic acids is 1. The van der Waals surface area contributed by atoms with Gasteiger partial charge in [-0.15, -0.1) is 0 Å². The Morgan fingerprint density at radius 3 is 2.38 bits per heavy atom. The number of esters is 1. The van der Waals surface area contributed by atoms with Crippen molar-refractivity contribution in [2.45, 2.75) is 18.7 Å². The molecule has 0 aliphatic rings. The van der Waals surface area contributed by atoms with Crippen LogP contribution in [-0.4, -0.2) is 27.5 Å². The van der Waals surface area contributed by atoms with Crippen molar-refractivity contribution < 1.29 is 17.9 Å². The highest BCUT2D eigenvalue weighted by molar-refractivity contribution is 7.93. The van der Waals surface area contributed by atoms with Crippen molar-refractivity contribution in [3.63, 3.8) is 0 Å². The van der Waals surface area contributed by atoms with Gasteiger partial charge in [0.1, 0.15) is 11.4 Å². The third-order valence-corrected chi connectivity index (χ3v) is 6.38. The summed E-state index contributed by atoms with van der Waals surface area (Å²) in [6.07, 6.45) is 0. The molecule has 5 nitrogen and oxygen atoms in total. The summed E-state index contributed by atoms with van der Waals surface area (Å²) in [5.74, 6) is -0.703. The van der Waals surface area contributed by atoms with Crippen molar-refractivity contribution in [3.05, 3.63) is 57.0 Å². The van der Waals surface area contributed by atoms with Gasteiger partial charge in [-0.1, -0.05) is 40.9 Å². The molecule has 0 radical (unpaired) electrons. The first-order valence-corrected chi connectivity index (χ1v) is 10.1. The average molecular weight is 437 g/mol. The minimum atomic E-state index is -4.19. The molecule has 0 aliphatic carbocycles. The third kappa shape index (κ3) is 4.62. The summed E-state index contributed by atoms with van der Waals surface area (Å²) in [7, 11) is -4.19. The van der Waals surface area contributed by atoms with E-state index in [0.717, 1.165) is 9.87 Å². The van der Waals surface area contributed by atoms with Crippen LogP contribution in [0.15, 0.2) is 41.3 Å². The zero-order chi connectivity index (χ0) is 19.5. The van der Waals surface area contributed by atoms with Gasteiger partial charge in [-0.3, -0.25) is 9.10 Å². The van der Waals surface area contributed by atoms with Crippen LogP contribution < -0.4 is 4.31 Å². The zero-order valence-corrected chi connectivity index (χ0v) is 17.1. The highest BCUT2D eigenvalue weighted by Crippen LogP contribution is 2.32. The van der Waals surface area contributed by atoms with Crippen molar-refractivity contribution in [1.82, 2.24) is 0 Å². The summed E-state index contributed by atoms with van der Waals surface area (Å²) in [6.45, 7) is 3.01. The largest absolute Gasteiger partial charge is 0.465 e. The minimum absolute atomic E-state index is 0.0125. The van der Waals surface area contributed by atoms with Gasteiger partial charge in [0.25, 0.3) is 10.0 Å². The second-order valence-corrected chi connectivity index (χ2v) is 8.41. The van der Waals surface area contributed by atoms with E-state index in [0.29, 0.717) is 5.02 Å². The molecule has 0 spiro atoms. The van der Waals surface area contributed by atoms with Crippen LogP contribution in [-0.2, 0) is 19.6 Å². The minimum Gasteiger partial charge on any atom is -0.465 e. The number of rotatable bonds is 6. The van der Waals surface area contributed by atoms with Crippen LogP contribution in [0, 0.1) is 6.92 Å². The lowest BCUT2D eigenvalue weighted by Crippen LogP contribution is -2.36. The topological polar surface area (TPSA) is 63.7 Å². The molecule has 0 atom stereocenters. The van der Waals surface area contributed by atoms with Crippen molar-refractivity contribution in [2.24, 2.45) is 0 Å². The maximum atomic E-state index is 13.2. The summed E-state index contributed by atoms with van der Waals surface area (Å²) in [5.41, 5.74) is 0.981. The van der Waals surface area contributed by atoms with E-state index in [9.17, 15) is 13.2 Å². The summed E-state index contributed by atoms with van der Waals surface area (Å²) >= 11 is 18.1. The van der Waals surface area contributed by atoms with Crippen LogP contribution >= 0.6 is 34.8 Å². The molecule has 0 saturated heterocycles. The standard InChI is InChI=1S/C17H16Cl3NO4S/c1-3-25-17(22)10-21(13-6-4-11(2)15(20)9-13)26(23,24)16-8-12(18)5-7-14(16)19/h4-9H,3,10H2,1-2H3. The molecule has 2 aromatic carbocycles. The third-order valence-electron chi connectivity index (χ3n) is 3.48. The van der Waals surface area contributed by atoms with Crippen LogP contribution in [0.1, 0.15) is 12.5 Å². The quantitative estimate of drug-likeness (QED) is 0.615. The van der Waals surface area contributed by atoms with E-state index in [2.05, 4.69) is 0 Å².